The summed E-state index contributed by atoms with van der Waals surface area (Å²) in [5.41, 5.74) is 2.07. The van der Waals surface area contributed by atoms with Gasteiger partial charge in [0.05, 0.1) is 5.52 Å². The molecular weight excluding hydrogens is 236 g/mol. The molecule has 0 amide bonds. The minimum absolute atomic E-state index is 0.215. The normalized spacial score (nSPS) is 10.9. The molecular formula is C13H15ClN2O. The van der Waals surface area contributed by atoms with Gasteiger partial charge >= 0.3 is 0 Å². The molecule has 0 atom stereocenters. The molecule has 0 aliphatic heterocycles. The molecule has 0 saturated heterocycles. The van der Waals surface area contributed by atoms with Gasteiger partial charge < -0.3 is 10.4 Å². The summed E-state index contributed by atoms with van der Waals surface area (Å²) in [6.07, 6.45) is 2.54. The number of aromatic nitrogens is 1. The van der Waals surface area contributed by atoms with Crippen LogP contribution in [-0.2, 0) is 6.54 Å². The third-order valence-corrected chi connectivity index (χ3v) is 2.96. The zero-order valence-electron chi connectivity index (χ0n) is 9.49. The van der Waals surface area contributed by atoms with E-state index in [1.807, 2.05) is 24.3 Å². The maximum absolute atomic E-state index is 8.70. The van der Waals surface area contributed by atoms with E-state index in [-0.39, 0.29) is 6.61 Å². The number of fused-ring (bicyclic) bond motifs is 1. The summed E-state index contributed by atoms with van der Waals surface area (Å²) >= 11 is 6.12. The molecule has 2 rings (SSSR count). The first-order chi connectivity index (χ1) is 8.33. The molecule has 0 aliphatic carbocycles. The molecule has 0 aliphatic rings. The standard InChI is InChI=1S/C13H15ClN2O/c14-12-5-4-10(9-15-6-2-8-17)13-11(12)3-1-7-16-13/h1,3-5,7,15,17H,2,6,8-9H2. The third-order valence-electron chi connectivity index (χ3n) is 2.63. The van der Waals surface area contributed by atoms with Crippen molar-refractivity contribution in [3.8, 4) is 0 Å². The molecule has 90 valence electrons. The highest BCUT2D eigenvalue weighted by Gasteiger charge is 2.04. The topological polar surface area (TPSA) is 45.1 Å². The van der Waals surface area contributed by atoms with Crippen LogP contribution in [0.2, 0.25) is 5.02 Å². The van der Waals surface area contributed by atoms with E-state index in [2.05, 4.69) is 10.3 Å². The molecule has 0 radical (unpaired) electrons. The van der Waals surface area contributed by atoms with E-state index in [1.54, 1.807) is 6.20 Å². The molecule has 0 saturated carbocycles. The number of nitrogens with zero attached hydrogens (tertiary/aromatic N) is 1. The summed E-state index contributed by atoms with van der Waals surface area (Å²) in [6, 6.07) is 7.75. The monoisotopic (exact) mass is 250 g/mol. The van der Waals surface area contributed by atoms with Crippen molar-refractivity contribution >= 4 is 22.5 Å². The molecule has 3 nitrogen and oxygen atoms in total. The Kier molecular flexibility index (Phi) is 4.31. The van der Waals surface area contributed by atoms with Gasteiger partial charge in [0.25, 0.3) is 0 Å². The van der Waals surface area contributed by atoms with Crippen molar-refractivity contribution in [2.45, 2.75) is 13.0 Å². The molecule has 1 aromatic heterocycles. The summed E-state index contributed by atoms with van der Waals surface area (Å²) < 4.78 is 0. The molecule has 0 unspecified atom stereocenters. The van der Waals surface area contributed by atoms with E-state index < -0.39 is 0 Å². The smallest absolute Gasteiger partial charge is 0.0761 e. The van der Waals surface area contributed by atoms with Crippen molar-refractivity contribution < 1.29 is 5.11 Å². The molecule has 0 fully saturated rings. The first kappa shape index (κ1) is 12.3. The van der Waals surface area contributed by atoms with Gasteiger partial charge in [0.15, 0.2) is 0 Å². The maximum Gasteiger partial charge on any atom is 0.0761 e. The molecule has 0 bridgehead atoms. The fourth-order valence-corrected chi connectivity index (χ4v) is 1.98. The van der Waals surface area contributed by atoms with E-state index in [9.17, 15) is 0 Å². The second-order valence-corrected chi connectivity index (χ2v) is 4.27. The lowest BCUT2D eigenvalue weighted by atomic mass is 10.1. The van der Waals surface area contributed by atoms with Crippen molar-refractivity contribution in [1.29, 1.82) is 0 Å². The van der Waals surface area contributed by atoms with Gasteiger partial charge in [-0.15, -0.1) is 0 Å². The molecule has 4 heteroatoms. The number of nitrogens with one attached hydrogen (secondary N) is 1. The van der Waals surface area contributed by atoms with Gasteiger partial charge in [-0.3, -0.25) is 4.98 Å². The van der Waals surface area contributed by atoms with E-state index in [1.165, 1.54) is 0 Å². The molecule has 2 N–H and O–H groups in total. The lowest BCUT2D eigenvalue weighted by Gasteiger charge is -2.08. The van der Waals surface area contributed by atoms with E-state index in [0.29, 0.717) is 0 Å². The van der Waals surface area contributed by atoms with Gasteiger partial charge in [-0.05, 0) is 36.7 Å². The highest BCUT2D eigenvalue weighted by Crippen LogP contribution is 2.24. The Hall–Kier alpha value is -1.16. The summed E-state index contributed by atoms with van der Waals surface area (Å²) in [7, 11) is 0. The van der Waals surface area contributed by atoms with Crippen molar-refractivity contribution in [2.24, 2.45) is 0 Å². The summed E-state index contributed by atoms with van der Waals surface area (Å²) in [6.45, 7) is 1.75. The Labute approximate surface area is 105 Å². The summed E-state index contributed by atoms with van der Waals surface area (Å²) in [5, 5.41) is 13.7. The van der Waals surface area contributed by atoms with Crippen LogP contribution in [-0.4, -0.2) is 23.2 Å². The molecule has 1 heterocycles. The Bertz CT molecular complexity index is 502. The highest BCUT2D eigenvalue weighted by atomic mass is 35.5. The zero-order valence-corrected chi connectivity index (χ0v) is 10.2. The molecule has 2 aromatic rings. The third kappa shape index (κ3) is 2.94. The lowest BCUT2D eigenvalue weighted by Crippen LogP contribution is -2.16. The average Bonchev–Trinajstić information content (AvgIpc) is 2.37. The number of benzene rings is 1. The minimum Gasteiger partial charge on any atom is -0.396 e. The highest BCUT2D eigenvalue weighted by molar-refractivity contribution is 6.35. The Balaban J connectivity index is 2.20. The SMILES string of the molecule is OCCCNCc1ccc(Cl)c2cccnc12. The van der Waals surface area contributed by atoms with Gasteiger partial charge in [0.1, 0.15) is 0 Å². The Morgan fingerprint density at radius 3 is 3.00 bits per heavy atom. The van der Waals surface area contributed by atoms with Crippen LogP contribution in [0.25, 0.3) is 10.9 Å². The Morgan fingerprint density at radius 2 is 2.18 bits per heavy atom. The number of hydrogen-bond donors (Lipinski definition) is 2. The fourth-order valence-electron chi connectivity index (χ4n) is 1.77. The van der Waals surface area contributed by atoms with Gasteiger partial charge in [-0.25, -0.2) is 0 Å². The number of halogens is 1. The number of pyridine rings is 1. The van der Waals surface area contributed by atoms with Crippen molar-refractivity contribution in [3.05, 3.63) is 41.0 Å². The minimum atomic E-state index is 0.215. The first-order valence-corrected chi connectivity index (χ1v) is 6.04. The van der Waals surface area contributed by atoms with Gasteiger partial charge in [-0.2, -0.15) is 0 Å². The second-order valence-electron chi connectivity index (χ2n) is 3.86. The van der Waals surface area contributed by atoms with E-state index in [0.717, 1.165) is 41.0 Å². The van der Waals surface area contributed by atoms with Crippen LogP contribution < -0.4 is 5.32 Å². The van der Waals surface area contributed by atoms with Crippen LogP contribution in [0.1, 0.15) is 12.0 Å². The van der Waals surface area contributed by atoms with Crippen LogP contribution >= 0.6 is 11.6 Å². The molecule has 1 aromatic carbocycles. The zero-order chi connectivity index (χ0) is 12.1. The Morgan fingerprint density at radius 1 is 1.29 bits per heavy atom. The van der Waals surface area contributed by atoms with Crippen LogP contribution in [0, 0.1) is 0 Å². The quantitative estimate of drug-likeness (QED) is 0.801. The lowest BCUT2D eigenvalue weighted by molar-refractivity contribution is 0.286. The second kappa shape index (κ2) is 5.96. The van der Waals surface area contributed by atoms with Crippen molar-refractivity contribution in [2.75, 3.05) is 13.2 Å². The van der Waals surface area contributed by atoms with Gasteiger partial charge in [0, 0.05) is 29.8 Å². The fraction of sp³-hybridized carbons (Fsp3) is 0.308. The number of aliphatic hydroxyl groups excluding tert-OH is 1. The number of hydrogen-bond acceptors (Lipinski definition) is 3. The van der Waals surface area contributed by atoms with Crippen molar-refractivity contribution in [3.63, 3.8) is 0 Å². The van der Waals surface area contributed by atoms with Crippen LogP contribution in [0.4, 0.5) is 0 Å². The summed E-state index contributed by atoms with van der Waals surface area (Å²) in [4.78, 5) is 4.37. The predicted octanol–water partition coefficient (Wildman–Crippen LogP) is 2.36. The van der Waals surface area contributed by atoms with Gasteiger partial charge in [-0.1, -0.05) is 17.7 Å². The van der Waals surface area contributed by atoms with Gasteiger partial charge in [0.2, 0.25) is 0 Å². The van der Waals surface area contributed by atoms with Crippen LogP contribution in [0.3, 0.4) is 0 Å². The van der Waals surface area contributed by atoms with E-state index >= 15 is 0 Å². The predicted molar refractivity (Wildman–Crippen MR) is 70.2 cm³/mol. The number of rotatable bonds is 5. The van der Waals surface area contributed by atoms with E-state index in [4.69, 9.17) is 16.7 Å². The molecule has 0 spiro atoms. The first-order valence-electron chi connectivity index (χ1n) is 5.66. The van der Waals surface area contributed by atoms with Crippen molar-refractivity contribution in [1.82, 2.24) is 10.3 Å². The summed E-state index contributed by atoms with van der Waals surface area (Å²) in [5.74, 6) is 0. The van der Waals surface area contributed by atoms with Crippen LogP contribution in [0.15, 0.2) is 30.5 Å². The largest absolute Gasteiger partial charge is 0.396 e. The van der Waals surface area contributed by atoms with Crippen LogP contribution in [0.5, 0.6) is 0 Å². The average molecular weight is 251 g/mol. The maximum atomic E-state index is 8.70. The molecule has 17 heavy (non-hydrogen) atoms. The number of aliphatic hydroxyl groups is 1.